The van der Waals surface area contributed by atoms with Crippen LogP contribution in [-0.2, 0) is 0 Å². The zero-order valence-electron chi connectivity index (χ0n) is 17.6. The van der Waals surface area contributed by atoms with Crippen molar-refractivity contribution < 1.29 is 10.2 Å². The predicted octanol–water partition coefficient (Wildman–Crippen LogP) is 5.41. The highest BCUT2D eigenvalue weighted by Crippen LogP contribution is 2.68. The second kappa shape index (κ2) is 6.76. The van der Waals surface area contributed by atoms with Crippen LogP contribution in [0.4, 0.5) is 0 Å². The number of fused-ring (bicyclic) bond motifs is 5. The summed E-state index contributed by atoms with van der Waals surface area (Å²) in [6, 6.07) is 0. The zero-order chi connectivity index (χ0) is 18.7. The van der Waals surface area contributed by atoms with Crippen LogP contribution >= 0.6 is 0 Å². The fraction of sp³-hybridized carbons (Fsp3) is 1.00. The first-order chi connectivity index (χ1) is 12.3. The molecule has 10 atom stereocenters. The van der Waals surface area contributed by atoms with E-state index in [9.17, 15) is 10.2 Å². The average Bonchev–Trinajstić information content (AvgIpc) is 2.94. The van der Waals surface area contributed by atoms with Gasteiger partial charge in [0, 0.05) is 0 Å². The molecule has 0 aromatic rings. The second-order valence-electron chi connectivity index (χ2n) is 11.2. The summed E-state index contributed by atoms with van der Waals surface area (Å²) in [6.07, 6.45) is 11.8. The quantitative estimate of drug-likeness (QED) is 0.704. The molecule has 4 fully saturated rings. The molecule has 4 saturated carbocycles. The van der Waals surface area contributed by atoms with Crippen molar-refractivity contribution in [2.24, 2.45) is 46.3 Å². The SMILES string of the molecule is CCC[C@@H](C)[C@H]1CCC2[C@H]3C(CC[C@@]21C)[C@@]1(C)CC[C@@H](O)C[C@H]1C[C@H]3O. The first-order valence-corrected chi connectivity index (χ1v) is 11.7. The van der Waals surface area contributed by atoms with Crippen LogP contribution in [-0.4, -0.2) is 22.4 Å². The minimum absolute atomic E-state index is 0.128. The summed E-state index contributed by atoms with van der Waals surface area (Å²) in [5, 5.41) is 21.5. The third kappa shape index (κ3) is 2.72. The molecular formula is C24H42O2. The van der Waals surface area contributed by atoms with Gasteiger partial charge in [-0.3, -0.25) is 0 Å². The number of rotatable bonds is 3. The van der Waals surface area contributed by atoms with Gasteiger partial charge in [0.05, 0.1) is 12.2 Å². The van der Waals surface area contributed by atoms with Crippen molar-refractivity contribution in [1.82, 2.24) is 0 Å². The van der Waals surface area contributed by atoms with Crippen LogP contribution in [0.25, 0.3) is 0 Å². The van der Waals surface area contributed by atoms with Crippen molar-refractivity contribution in [2.45, 2.75) is 104 Å². The molecule has 0 spiro atoms. The molecule has 0 heterocycles. The van der Waals surface area contributed by atoms with E-state index in [1.54, 1.807) is 0 Å². The summed E-state index contributed by atoms with van der Waals surface area (Å²) in [4.78, 5) is 0. The van der Waals surface area contributed by atoms with Crippen LogP contribution in [0.1, 0.15) is 91.9 Å². The van der Waals surface area contributed by atoms with Gasteiger partial charge in [0.25, 0.3) is 0 Å². The summed E-state index contributed by atoms with van der Waals surface area (Å²) in [5.41, 5.74) is 0.811. The van der Waals surface area contributed by atoms with Gasteiger partial charge in [0.1, 0.15) is 0 Å². The molecule has 4 rings (SSSR count). The second-order valence-corrected chi connectivity index (χ2v) is 11.2. The third-order valence-electron chi connectivity index (χ3n) is 10.2. The smallest absolute Gasteiger partial charge is 0.0577 e. The molecule has 2 nitrogen and oxygen atoms in total. The van der Waals surface area contributed by atoms with Gasteiger partial charge in [-0.05, 0) is 97.7 Å². The van der Waals surface area contributed by atoms with Crippen molar-refractivity contribution in [1.29, 1.82) is 0 Å². The Labute approximate surface area is 161 Å². The minimum Gasteiger partial charge on any atom is -0.393 e. The lowest BCUT2D eigenvalue weighted by Crippen LogP contribution is -2.58. The van der Waals surface area contributed by atoms with Gasteiger partial charge in [-0.15, -0.1) is 0 Å². The molecule has 2 unspecified atom stereocenters. The maximum absolute atomic E-state index is 11.3. The van der Waals surface area contributed by atoms with Crippen LogP contribution in [0, 0.1) is 46.3 Å². The molecule has 4 aliphatic rings. The highest BCUT2D eigenvalue weighted by atomic mass is 16.3. The molecular weight excluding hydrogens is 320 g/mol. The van der Waals surface area contributed by atoms with Gasteiger partial charge in [-0.25, -0.2) is 0 Å². The molecule has 0 saturated heterocycles. The predicted molar refractivity (Wildman–Crippen MR) is 107 cm³/mol. The molecule has 26 heavy (non-hydrogen) atoms. The lowest BCUT2D eigenvalue weighted by molar-refractivity contribution is -0.174. The first kappa shape index (κ1) is 19.2. The maximum Gasteiger partial charge on any atom is 0.0577 e. The molecule has 2 N–H and O–H groups in total. The van der Waals surface area contributed by atoms with Gasteiger partial charge < -0.3 is 10.2 Å². The maximum atomic E-state index is 11.3. The average molecular weight is 363 g/mol. The number of aliphatic hydroxyl groups is 2. The van der Waals surface area contributed by atoms with E-state index in [2.05, 4.69) is 27.7 Å². The van der Waals surface area contributed by atoms with Crippen LogP contribution < -0.4 is 0 Å². The van der Waals surface area contributed by atoms with E-state index in [-0.39, 0.29) is 12.2 Å². The molecule has 150 valence electrons. The van der Waals surface area contributed by atoms with Crippen molar-refractivity contribution in [2.75, 3.05) is 0 Å². The van der Waals surface area contributed by atoms with E-state index < -0.39 is 0 Å². The molecule has 0 aliphatic heterocycles. The largest absolute Gasteiger partial charge is 0.393 e. The normalized spacial score (nSPS) is 54.9. The number of hydrogen-bond acceptors (Lipinski definition) is 2. The molecule has 0 aromatic carbocycles. The standard InChI is InChI=1S/C24H42O2/c1-5-6-15(2)18-7-8-19-22-20(10-12-24(18,19)4)23(3)11-9-17(25)13-16(23)14-21(22)26/h15-22,25-26H,5-14H2,1-4H3/t15-,16+,17-,18-,19?,20?,21-,22+,23+,24-/m1/s1. The number of aliphatic hydroxyl groups excluding tert-OH is 2. The molecule has 0 amide bonds. The topological polar surface area (TPSA) is 40.5 Å². The Bertz CT molecular complexity index is 518. The Kier molecular flexibility index (Phi) is 5.01. The third-order valence-corrected chi connectivity index (χ3v) is 10.2. The minimum atomic E-state index is -0.131. The van der Waals surface area contributed by atoms with Crippen LogP contribution in [0.2, 0.25) is 0 Å². The molecule has 0 radical (unpaired) electrons. The van der Waals surface area contributed by atoms with Gasteiger partial charge in [-0.2, -0.15) is 0 Å². The highest BCUT2D eigenvalue weighted by Gasteiger charge is 2.62. The molecule has 2 heteroatoms. The van der Waals surface area contributed by atoms with Crippen LogP contribution in [0.5, 0.6) is 0 Å². The first-order valence-electron chi connectivity index (χ1n) is 11.7. The van der Waals surface area contributed by atoms with Crippen LogP contribution in [0.15, 0.2) is 0 Å². The summed E-state index contributed by atoms with van der Waals surface area (Å²) >= 11 is 0. The van der Waals surface area contributed by atoms with Gasteiger partial charge >= 0.3 is 0 Å². The monoisotopic (exact) mass is 362 g/mol. The summed E-state index contributed by atoms with van der Waals surface area (Å²) in [5.74, 6) is 4.15. The van der Waals surface area contributed by atoms with Crippen molar-refractivity contribution >= 4 is 0 Å². The van der Waals surface area contributed by atoms with Crippen molar-refractivity contribution in [3.05, 3.63) is 0 Å². The molecule has 4 aliphatic carbocycles. The fourth-order valence-electron chi connectivity index (χ4n) is 8.83. The fourth-order valence-corrected chi connectivity index (χ4v) is 8.83. The van der Waals surface area contributed by atoms with Crippen molar-refractivity contribution in [3.8, 4) is 0 Å². The van der Waals surface area contributed by atoms with E-state index in [1.165, 1.54) is 44.9 Å². The highest BCUT2D eigenvalue weighted by molar-refractivity contribution is 5.11. The Morgan fingerprint density at radius 1 is 0.923 bits per heavy atom. The lowest BCUT2D eigenvalue weighted by Gasteiger charge is -2.62. The van der Waals surface area contributed by atoms with E-state index in [4.69, 9.17) is 0 Å². The summed E-state index contributed by atoms with van der Waals surface area (Å²) < 4.78 is 0. The number of hydrogen-bond donors (Lipinski definition) is 2. The lowest BCUT2D eigenvalue weighted by atomic mass is 9.43. The zero-order valence-corrected chi connectivity index (χ0v) is 17.6. The Morgan fingerprint density at radius 2 is 1.62 bits per heavy atom. The molecule has 0 aromatic heterocycles. The van der Waals surface area contributed by atoms with E-state index in [0.29, 0.717) is 28.6 Å². The van der Waals surface area contributed by atoms with Gasteiger partial charge in [0.15, 0.2) is 0 Å². The van der Waals surface area contributed by atoms with E-state index >= 15 is 0 Å². The Hall–Kier alpha value is -0.0800. The summed E-state index contributed by atoms with van der Waals surface area (Å²) in [7, 11) is 0. The van der Waals surface area contributed by atoms with Gasteiger partial charge in [-0.1, -0.05) is 40.5 Å². The van der Waals surface area contributed by atoms with Crippen molar-refractivity contribution in [3.63, 3.8) is 0 Å². The Morgan fingerprint density at radius 3 is 2.35 bits per heavy atom. The van der Waals surface area contributed by atoms with Gasteiger partial charge in [0.2, 0.25) is 0 Å². The van der Waals surface area contributed by atoms with Crippen LogP contribution in [0.3, 0.4) is 0 Å². The van der Waals surface area contributed by atoms with E-state index in [0.717, 1.165) is 37.0 Å². The molecule has 0 bridgehead atoms. The van der Waals surface area contributed by atoms with E-state index in [1.807, 2.05) is 0 Å². The summed E-state index contributed by atoms with van der Waals surface area (Å²) in [6.45, 7) is 9.92. The Balaban J connectivity index is 1.61.